The van der Waals surface area contributed by atoms with Crippen molar-refractivity contribution in [2.45, 2.75) is 56.2 Å². The molecule has 0 aliphatic carbocycles. The molecule has 5 amide bonds. The molecule has 3 aliphatic heterocycles. The maximum absolute atomic E-state index is 15.3. The summed E-state index contributed by atoms with van der Waals surface area (Å²) in [6, 6.07) is 10.7. The highest BCUT2D eigenvalue weighted by molar-refractivity contribution is 8.20. The second-order valence-corrected chi connectivity index (χ2v) is 15.7. The zero-order valence-electron chi connectivity index (χ0n) is 32.8. The Labute approximate surface area is 346 Å². The second-order valence-electron chi connectivity index (χ2n) is 14.9. The smallest absolute Gasteiger partial charge is 0.407 e. The van der Waals surface area contributed by atoms with Crippen LogP contribution in [0.15, 0.2) is 54.7 Å². The van der Waals surface area contributed by atoms with E-state index in [1.54, 1.807) is 18.0 Å². The van der Waals surface area contributed by atoms with Gasteiger partial charge in [-0.15, -0.1) is 0 Å². The summed E-state index contributed by atoms with van der Waals surface area (Å²) < 4.78 is 63.4. The molecule has 0 spiro atoms. The van der Waals surface area contributed by atoms with Gasteiger partial charge in [0.1, 0.15) is 30.2 Å². The monoisotopic (exact) mass is 839 g/mol. The maximum Gasteiger partial charge on any atom is 0.407 e. The van der Waals surface area contributed by atoms with Crippen LogP contribution in [0.25, 0.3) is 11.3 Å². The average Bonchev–Trinajstić information content (AvgIpc) is 3.92. The molecule has 59 heavy (non-hydrogen) atoms. The SMILES string of the molecule is [B]SC1CC(=O)N(CCOCCNC(=O)OC[C@H](C)NC(=O)N(C[C@@H]2CNC[C@@H]2F)[C@@H](c2nc(-c3cc(F)ccc3F)cn2Cc2ccccc2)C2CCOCC2)C1=O. The summed E-state index contributed by atoms with van der Waals surface area (Å²) in [5.41, 5.74) is 1.06. The van der Waals surface area contributed by atoms with Crippen LogP contribution in [0, 0.1) is 23.5 Å². The van der Waals surface area contributed by atoms with Crippen LogP contribution in [-0.4, -0.2) is 134 Å². The number of ether oxygens (including phenoxy) is 3. The fraction of sp³-hybridized carbons (Fsp3) is 0.525. The summed E-state index contributed by atoms with van der Waals surface area (Å²) in [5, 5.41) is 7.98. The van der Waals surface area contributed by atoms with E-state index in [0.717, 1.165) is 40.3 Å². The largest absolute Gasteiger partial charge is 0.447 e. The molecule has 3 aliphatic rings. The highest BCUT2D eigenvalue weighted by Gasteiger charge is 2.41. The highest BCUT2D eigenvalue weighted by Crippen LogP contribution is 2.38. The van der Waals surface area contributed by atoms with E-state index in [4.69, 9.17) is 26.3 Å². The van der Waals surface area contributed by atoms with E-state index in [-0.39, 0.29) is 81.4 Å². The minimum atomic E-state index is -1.22. The van der Waals surface area contributed by atoms with E-state index >= 15 is 8.78 Å². The van der Waals surface area contributed by atoms with Gasteiger partial charge in [-0.1, -0.05) is 30.3 Å². The van der Waals surface area contributed by atoms with Crippen molar-refractivity contribution in [1.82, 2.24) is 35.3 Å². The van der Waals surface area contributed by atoms with Crippen molar-refractivity contribution in [2.75, 3.05) is 65.8 Å². The summed E-state index contributed by atoms with van der Waals surface area (Å²) in [7, 11) is 5.47. The number of alkyl carbamates (subject to hydrolysis) is 1. The number of nitrogens with one attached hydrogen (secondary N) is 3. The fourth-order valence-corrected chi connectivity index (χ4v) is 8.04. The molecular weight excluding hydrogens is 790 g/mol. The zero-order chi connectivity index (χ0) is 41.9. The van der Waals surface area contributed by atoms with Crippen LogP contribution in [0.3, 0.4) is 0 Å². The van der Waals surface area contributed by atoms with Gasteiger partial charge in [0.25, 0.3) is 0 Å². The lowest BCUT2D eigenvalue weighted by atomic mass is 9.89. The molecule has 316 valence electrons. The number of imidazole rings is 1. The lowest BCUT2D eigenvalue weighted by Crippen LogP contribution is -2.52. The van der Waals surface area contributed by atoms with E-state index in [9.17, 15) is 23.6 Å². The van der Waals surface area contributed by atoms with Gasteiger partial charge in [0.15, 0.2) is 7.12 Å². The number of alkyl halides is 1. The number of hydrogen-bond acceptors (Lipinski definition) is 10. The molecule has 0 bridgehead atoms. The molecule has 3 fully saturated rings. The number of hydrogen-bond donors (Lipinski definition) is 3. The predicted octanol–water partition coefficient (Wildman–Crippen LogP) is 3.99. The Morgan fingerprint density at radius 2 is 1.90 bits per heavy atom. The standard InChI is InChI=1S/C40H49BF3N7O7S/c1-25(24-58-40(55)46-11-15-57-16-12-50-35(52)18-34(59-41)38(50)53)47-39(54)51(22-28-19-45-20-32(28)44)36(27-9-13-56-14-10-27)37-48-33(30-17-29(42)7-8-31(30)43)23-49(37)21-26-5-3-2-4-6-26/h2-8,17,23,25,27-28,32,34,36,45H,9-16,18-22,24H2,1H3,(H,46,55)(H,47,54)/t25-,28-,32-,34?,36+/m0/s1. The van der Waals surface area contributed by atoms with E-state index in [2.05, 4.69) is 16.0 Å². The van der Waals surface area contributed by atoms with Crippen LogP contribution in [0.2, 0.25) is 0 Å². The Balaban J connectivity index is 1.16. The van der Waals surface area contributed by atoms with Crippen molar-refractivity contribution >= 4 is 42.7 Å². The molecule has 3 aromatic rings. The first-order valence-corrected chi connectivity index (χ1v) is 20.7. The van der Waals surface area contributed by atoms with E-state index in [1.807, 2.05) is 34.9 Å². The van der Waals surface area contributed by atoms with Gasteiger partial charge in [0, 0.05) is 70.0 Å². The molecule has 0 saturated carbocycles. The molecule has 5 atom stereocenters. The number of benzene rings is 2. The minimum absolute atomic E-state index is 0.0184. The van der Waals surface area contributed by atoms with Gasteiger partial charge >= 0.3 is 12.1 Å². The molecule has 1 unspecified atom stereocenters. The first-order chi connectivity index (χ1) is 28.5. The van der Waals surface area contributed by atoms with E-state index in [1.165, 1.54) is 0 Å². The molecule has 1 aromatic heterocycles. The quantitative estimate of drug-likeness (QED) is 0.0974. The van der Waals surface area contributed by atoms with Crippen molar-refractivity contribution in [3.63, 3.8) is 0 Å². The molecule has 3 saturated heterocycles. The average molecular weight is 840 g/mol. The van der Waals surface area contributed by atoms with Crippen molar-refractivity contribution < 1.29 is 46.6 Å². The van der Waals surface area contributed by atoms with Crippen molar-refractivity contribution in [3.05, 3.63) is 77.8 Å². The van der Waals surface area contributed by atoms with Crippen molar-refractivity contribution in [2.24, 2.45) is 11.8 Å². The van der Waals surface area contributed by atoms with Crippen LogP contribution in [-0.2, 0) is 30.3 Å². The fourth-order valence-electron chi connectivity index (χ4n) is 7.55. The molecule has 2 radical (unpaired) electrons. The third-order valence-electron chi connectivity index (χ3n) is 10.6. The highest BCUT2D eigenvalue weighted by atomic mass is 32.2. The van der Waals surface area contributed by atoms with E-state index < -0.39 is 53.2 Å². The molecule has 2 aromatic carbocycles. The number of rotatable bonds is 18. The van der Waals surface area contributed by atoms with Crippen LogP contribution in [0.4, 0.5) is 22.8 Å². The van der Waals surface area contributed by atoms with Crippen LogP contribution >= 0.6 is 11.6 Å². The molecule has 19 heteroatoms. The lowest BCUT2D eigenvalue weighted by Gasteiger charge is -2.40. The Morgan fingerprint density at radius 1 is 1.12 bits per heavy atom. The van der Waals surface area contributed by atoms with Gasteiger partial charge in [-0.3, -0.25) is 14.5 Å². The van der Waals surface area contributed by atoms with Gasteiger partial charge in [0.05, 0.1) is 42.8 Å². The number of nitrogens with zero attached hydrogens (tertiary/aromatic N) is 4. The lowest BCUT2D eigenvalue weighted by molar-refractivity contribution is -0.139. The number of carbonyl (C=O) groups excluding carboxylic acids is 4. The van der Waals surface area contributed by atoms with Gasteiger partial charge in [-0.05, 0) is 49.4 Å². The Hall–Kier alpha value is -4.59. The minimum Gasteiger partial charge on any atom is -0.447 e. The summed E-state index contributed by atoms with van der Waals surface area (Å²) in [4.78, 5) is 58.9. The van der Waals surface area contributed by atoms with E-state index in [0.29, 0.717) is 45.0 Å². The van der Waals surface area contributed by atoms with Crippen molar-refractivity contribution in [1.29, 1.82) is 0 Å². The zero-order valence-corrected chi connectivity index (χ0v) is 33.6. The number of likely N-dealkylation sites (tertiary alicyclic amines) is 1. The Kier molecular flexibility index (Phi) is 15.7. The summed E-state index contributed by atoms with van der Waals surface area (Å²) in [6.07, 6.45) is 0.855. The van der Waals surface area contributed by atoms with Gasteiger partial charge in [0.2, 0.25) is 11.8 Å². The molecular formula is C40H49BF3N7O7S. The summed E-state index contributed by atoms with van der Waals surface area (Å²) in [6.45, 7) is 3.47. The summed E-state index contributed by atoms with van der Waals surface area (Å²) in [5.74, 6) is -2.25. The molecule has 3 N–H and O–H groups in total. The normalized spacial score (nSPS) is 20.7. The summed E-state index contributed by atoms with van der Waals surface area (Å²) >= 11 is 0.839. The van der Waals surface area contributed by atoms with Crippen LogP contribution in [0.5, 0.6) is 0 Å². The van der Waals surface area contributed by atoms with Crippen LogP contribution < -0.4 is 16.0 Å². The van der Waals surface area contributed by atoms with Gasteiger partial charge < -0.3 is 39.6 Å². The second kappa shape index (κ2) is 21.1. The third kappa shape index (κ3) is 11.6. The van der Waals surface area contributed by atoms with Gasteiger partial charge in [-0.25, -0.2) is 39.4 Å². The molecule has 4 heterocycles. The topological polar surface area (TPSA) is 156 Å². The van der Waals surface area contributed by atoms with Gasteiger partial charge in [-0.2, -0.15) is 0 Å². The molecule has 14 nitrogen and oxygen atoms in total. The maximum atomic E-state index is 15.3. The number of urea groups is 1. The first-order valence-electron chi connectivity index (χ1n) is 19.8. The molecule has 6 rings (SSSR count). The van der Waals surface area contributed by atoms with Crippen LogP contribution in [0.1, 0.15) is 43.6 Å². The third-order valence-corrected chi connectivity index (χ3v) is 11.3. The number of carbonyl (C=O) groups is 4. The first kappa shape index (κ1) is 44.0. The number of imide groups is 1. The Morgan fingerprint density at radius 3 is 2.61 bits per heavy atom. The number of aromatic nitrogens is 2. The Bertz CT molecular complexity index is 1910. The number of halogens is 3. The number of amides is 5. The van der Waals surface area contributed by atoms with Crippen molar-refractivity contribution in [3.8, 4) is 11.3 Å². The predicted molar refractivity (Wildman–Crippen MR) is 214 cm³/mol.